The number of rotatable bonds is 11. The average molecular weight is 533 g/mol. The Morgan fingerprint density at radius 2 is 1.80 bits per heavy atom. The largest absolute Gasteiger partial charge is 0.352 e. The molecule has 0 saturated heterocycles. The molecule has 1 atom stereocenters. The lowest BCUT2D eigenvalue weighted by molar-refractivity contribution is 0.0953. The van der Waals surface area contributed by atoms with Crippen LogP contribution in [0, 0.1) is 0 Å². The zero-order valence-electron chi connectivity index (χ0n) is 20.6. The average Bonchev–Trinajstić information content (AvgIpc) is 3.23. The predicted molar refractivity (Wildman–Crippen MR) is 148 cm³/mol. The summed E-state index contributed by atoms with van der Waals surface area (Å²) in [7, 11) is 0. The van der Waals surface area contributed by atoms with Crippen LogP contribution in [0.25, 0.3) is 11.0 Å². The molecule has 0 fully saturated rings. The predicted octanol–water partition coefficient (Wildman–Crippen LogP) is 7.50. The Bertz CT molecular complexity index is 1260. The van der Waals surface area contributed by atoms with Crippen LogP contribution in [0.4, 0.5) is 0 Å². The van der Waals surface area contributed by atoms with Gasteiger partial charge in [0.05, 0.1) is 11.0 Å². The Morgan fingerprint density at radius 1 is 1.00 bits per heavy atom. The number of unbranched alkanes of at least 4 members (excludes halogenated alkanes) is 2. The highest BCUT2D eigenvalue weighted by Gasteiger charge is 2.12. The summed E-state index contributed by atoms with van der Waals surface area (Å²) >= 11 is 3.42. The number of benzene rings is 3. The number of para-hydroxylation sites is 2. The van der Waals surface area contributed by atoms with Gasteiger partial charge >= 0.3 is 0 Å². The molecule has 5 heteroatoms. The Balaban J connectivity index is 1.33. The molecular formula is C30H34BrN3O. The topological polar surface area (TPSA) is 46.9 Å². The highest BCUT2D eigenvalue weighted by molar-refractivity contribution is 9.10. The van der Waals surface area contributed by atoms with Gasteiger partial charge in [0.1, 0.15) is 5.82 Å². The van der Waals surface area contributed by atoms with Crippen molar-refractivity contribution in [2.75, 3.05) is 6.54 Å². The van der Waals surface area contributed by atoms with Crippen LogP contribution in [0.2, 0.25) is 0 Å². The maximum Gasteiger partial charge on any atom is 0.251 e. The number of aryl methyl sites for hydroxylation is 1. The van der Waals surface area contributed by atoms with Crippen LogP contribution in [-0.4, -0.2) is 22.0 Å². The van der Waals surface area contributed by atoms with Crippen LogP contribution in [0.5, 0.6) is 0 Å². The van der Waals surface area contributed by atoms with E-state index in [4.69, 9.17) is 4.98 Å². The maximum atomic E-state index is 12.3. The molecule has 0 spiro atoms. The molecule has 4 aromatic rings. The van der Waals surface area contributed by atoms with Gasteiger partial charge in [-0.15, -0.1) is 0 Å². The van der Waals surface area contributed by atoms with Gasteiger partial charge in [0.25, 0.3) is 5.91 Å². The van der Waals surface area contributed by atoms with E-state index in [2.05, 4.69) is 88.2 Å². The molecule has 4 rings (SSSR count). The number of carbonyl (C=O) groups excluding carboxylic acids is 1. The molecule has 1 heterocycles. The molecule has 182 valence electrons. The van der Waals surface area contributed by atoms with Gasteiger partial charge in [0.2, 0.25) is 0 Å². The van der Waals surface area contributed by atoms with Crippen molar-refractivity contribution >= 4 is 32.9 Å². The Kier molecular flexibility index (Phi) is 8.75. The number of amides is 1. The first-order chi connectivity index (χ1) is 17.0. The zero-order chi connectivity index (χ0) is 24.6. The molecule has 1 aromatic heterocycles. The second-order valence-electron chi connectivity index (χ2n) is 9.23. The molecule has 0 radical (unpaired) electrons. The van der Waals surface area contributed by atoms with Gasteiger partial charge in [-0.1, -0.05) is 78.7 Å². The van der Waals surface area contributed by atoms with Gasteiger partial charge in [-0.05, 0) is 66.6 Å². The van der Waals surface area contributed by atoms with E-state index in [1.54, 1.807) is 0 Å². The lowest BCUT2D eigenvalue weighted by Gasteiger charge is -2.12. The third-order valence-electron chi connectivity index (χ3n) is 6.68. The van der Waals surface area contributed by atoms with Crippen molar-refractivity contribution in [1.82, 2.24) is 14.9 Å². The lowest BCUT2D eigenvalue weighted by atomic mass is 9.97. The number of halogens is 1. The van der Waals surface area contributed by atoms with Crippen molar-refractivity contribution in [2.24, 2.45) is 0 Å². The van der Waals surface area contributed by atoms with Crippen LogP contribution >= 0.6 is 15.9 Å². The zero-order valence-corrected chi connectivity index (χ0v) is 22.2. The molecule has 35 heavy (non-hydrogen) atoms. The number of fused-ring (bicyclic) bond motifs is 1. The summed E-state index contributed by atoms with van der Waals surface area (Å²) in [6.45, 7) is 6.03. The fraction of sp³-hybridized carbons (Fsp3) is 0.333. The van der Waals surface area contributed by atoms with Gasteiger partial charge in [0, 0.05) is 29.5 Å². The fourth-order valence-corrected chi connectivity index (χ4v) is 4.78. The number of imidazole rings is 1. The van der Waals surface area contributed by atoms with E-state index in [1.165, 1.54) is 16.6 Å². The van der Waals surface area contributed by atoms with Crippen LogP contribution in [-0.2, 0) is 13.0 Å². The van der Waals surface area contributed by atoms with Gasteiger partial charge in [0.15, 0.2) is 0 Å². The fourth-order valence-electron chi connectivity index (χ4n) is 4.38. The van der Waals surface area contributed by atoms with Crippen LogP contribution in [0.1, 0.15) is 72.8 Å². The number of nitrogens with one attached hydrogen (secondary N) is 1. The first-order valence-corrected chi connectivity index (χ1v) is 13.4. The number of nitrogens with zero attached hydrogens (tertiary/aromatic N) is 2. The van der Waals surface area contributed by atoms with E-state index < -0.39 is 0 Å². The minimum absolute atomic E-state index is 0.0209. The highest BCUT2D eigenvalue weighted by Crippen LogP contribution is 2.22. The van der Waals surface area contributed by atoms with Gasteiger partial charge < -0.3 is 9.88 Å². The standard InChI is InChI=1S/C30H34BrN3O/c1-3-22(2)24-17-15-23(16-18-24)21-34-28-13-7-6-12-27(28)33-29(34)14-5-4-8-19-32-30(35)25-10-9-11-26(31)20-25/h6-7,9-13,15-18,20,22H,3-5,8,14,19,21H2,1-2H3,(H,32,35). The third kappa shape index (κ3) is 6.61. The molecule has 0 aliphatic heterocycles. The van der Waals surface area contributed by atoms with E-state index >= 15 is 0 Å². The number of hydrogen-bond donors (Lipinski definition) is 1. The van der Waals surface area contributed by atoms with Gasteiger partial charge in [-0.25, -0.2) is 4.98 Å². The number of carbonyl (C=O) groups is 1. The molecule has 3 aromatic carbocycles. The van der Waals surface area contributed by atoms with Crippen molar-refractivity contribution in [2.45, 2.75) is 58.4 Å². The van der Waals surface area contributed by atoms with Gasteiger partial charge in [-0.3, -0.25) is 4.79 Å². The minimum Gasteiger partial charge on any atom is -0.352 e. The molecule has 0 aliphatic rings. The molecule has 0 aliphatic carbocycles. The second kappa shape index (κ2) is 12.2. The smallest absolute Gasteiger partial charge is 0.251 e. The first kappa shape index (κ1) is 25.2. The van der Waals surface area contributed by atoms with E-state index in [-0.39, 0.29) is 5.91 Å². The molecular weight excluding hydrogens is 498 g/mol. The van der Waals surface area contributed by atoms with Crippen LogP contribution in [0.15, 0.2) is 77.3 Å². The Morgan fingerprint density at radius 3 is 2.57 bits per heavy atom. The first-order valence-electron chi connectivity index (χ1n) is 12.6. The summed E-state index contributed by atoms with van der Waals surface area (Å²) in [5.41, 5.74) is 5.63. The number of aromatic nitrogens is 2. The summed E-state index contributed by atoms with van der Waals surface area (Å²) in [4.78, 5) is 17.2. The molecule has 1 unspecified atom stereocenters. The van der Waals surface area contributed by atoms with Crippen molar-refractivity contribution in [3.05, 3.63) is 99.8 Å². The van der Waals surface area contributed by atoms with Crippen molar-refractivity contribution in [3.8, 4) is 0 Å². The van der Waals surface area contributed by atoms with Crippen LogP contribution in [0.3, 0.4) is 0 Å². The Hall–Kier alpha value is -2.92. The SMILES string of the molecule is CCC(C)c1ccc(Cn2c(CCCCCNC(=O)c3cccc(Br)c3)nc3ccccc32)cc1. The van der Waals surface area contributed by atoms with Crippen molar-refractivity contribution in [3.63, 3.8) is 0 Å². The number of hydrogen-bond acceptors (Lipinski definition) is 2. The molecule has 1 N–H and O–H groups in total. The normalized spacial score (nSPS) is 12.1. The van der Waals surface area contributed by atoms with E-state index in [1.807, 2.05) is 24.3 Å². The van der Waals surface area contributed by atoms with E-state index in [9.17, 15) is 4.79 Å². The van der Waals surface area contributed by atoms with E-state index in [0.29, 0.717) is 18.0 Å². The lowest BCUT2D eigenvalue weighted by Crippen LogP contribution is -2.24. The molecule has 0 saturated carbocycles. The Labute approximate surface area is 216 Å². The van der Waals surface area contributed by atoms with E-state index in [0.717, 1.165) is 54.5 Å². The third-order valence-corrected chi connectivity index (χ3v) is 7.18. The molecule has 4 nitrogen and oxygen atoms in total. The molecule has 0 bridgehead atoms. The quantitative estimate of drug-likeness (QED) is 0.203. The summed E-state index contributed by atoms with van der Waals surface area (Å²) in [5, 5.41) is 3.03. The monoisotopic (exact) mass is 531 g/mol. The van der Waals surface area contributed by atoms with Crippen molar-refractivity contribution < 1.29 is 4.79 Å². The highest BCUT2D eigenvalue weighted by atomic mass is 79.9. The summed E-state index contributed by atoms with van der Waals surface area (Å²) in [6, 6.07) is 24.9. The minimum atomic E-state index is -0.0209. The summed E-state index contributed by atoms with van der Waals surface area (Å²) in [6.07, 6.45) is 5.13. The summed E-state index contributed by atoms with van der Waals surface area (Å²) in [5.74, 6) is 1.70. The second-order valence-corrected chi connectivity index (χ2v) is 10.1. The van der Waals surface area contributed by atoms with Gasteiger partial charge in [-0.2, -0.15) is 0 Å². The maximum absolute atomic E-state index is 12.3. The van der Waals surface area contributed by atoms with Crippen molar-refractivity contribution in [1.29, 1.82) is 0 Å². The molecule has 1 amide bonds. The summed E-state index contributed by atoms with van der Waals surface area (Å²) < 4.78 is 3.28. The van der Waals surface area contributed by atoms with Crippen LogP contribution < -0.4 is 5.32 Å².